The normalized spacial score (nSPS) is 17.6. The van der Waals surface area contributed by atoms with Gasteiger partial charge in [-0.1, -0.05) is 23.7 Å². The third-order valence-electron chi connectivity index (χ3n) is 7.45. The van der Waals surface area contributed by atoms with Gasteiger partial charge in [0.25, 0.3) is 0 Å². The minimum absolute atomic E-state index is 0.121. The molecule has 38 heavy (non-hydrogen) atoms. The highest BCUT2D eigenvalue weighted by atomic mass is 35.5. The Bertz CT molecular complexity index is 1450. The summed E-state index contributed by atoms with van der Waals surface area (Å²) in [6.45, 7) is 3.31. The first-order chi connectivity index (χ1) is 18.5. The number of halogens is 1. The predicted octanol–water partition coefficient (Wildman–Crippen LogP) is 4.64. The van der Waals surface area contributed by atoms with Gasteiger partial charge in [-0.2, -0.15) is 0 Å². The number of imidazole rings is 1. The first-order valence-electron chi connectivity index (χ1n) is 13.1. The molecule has 1 aliphatic carbocycles. The van der Waals surface area contributed by atoms with E-state index < -0.39 is 0 Å². The number of rotatable bonds is 5. The van der Waals surface area contributed by atoms with Crippen LogP contribution in [-0.4, -0.2) is 68.4 Å². The predicted molar refractivity (Wildman–Crippen MR) is 149 cm³/mol. The monoisotopic (exact) mass is 530 g/mol. The van der Waals surface area contributed by atoms with E-state index in [0.29, 0.717) is 42.9 Å². The Morgan fingerprint density at radius 1 is 1.11 bits per heavy atom. The number of pyridine rings is 1. The summed E-state index contributed by atoms with van der Waals surface area (Å²) in [5.74, 6) is 0.850. The Balaban J connectivity index is 1.13. The zero-order chi connectivity index (χ0) is 26.1. The van der Waals surface area contributed by atoms with E-state index in [2.05, 4.69) is 43.8 Å². The summed E-state index contributed by atoms with van der Waals surface area (Å²) in [6.07, 6.45) is 9.19. The molecule has 3 aromatic heterocycles. The molecule has 0 bridgehead atoms. The van der Waals surface area contributed by atoms with Crippen LogP contribution >= 0.6 is 11.6 Å². The Morgan fingerprint density at radius 2 is 1.97 bits per heavy atom. The maximum absolute atomic E-state index is 12.8. The number of benzene rings is 1. The third kappa shape index (κ3) is 5.04. The van der Waals surface area contributed by atoms with Crippen molar-refractivity contribution in [3.8, 4) is 0 Å². The SMILES string of the molecule is CN(Cc1cn2c(N3CCN(C(=O)Nc4cccc(Cl)c4)CC3)nccc2n1)C1CCCc2cccnc21. The number of hydrogen-bond acceptors (Lipinski definition) is 6. The van der Waals surface area contributed by atoms with Gasteiger partial charge in [0.1, 0.15) is 5.65 Å². The molecular weight excluding hydrogens is 500 g/mol. The second-order valence-corrected chi connectivity index (χ2v) is 10.4. The van der Waals surface area contributed by atoms with Crippen LogP contribution in [0.3, 0.4) is 0 Å². The molecule has 0 saturated carbocycles. The summed E-state index contributed by atoms with van der Waals surface area (Å²) >= 11 is 6.05. The smallest absolute Gasteiger partial charge is 0.321 e. The molecule has 10 heteroatoms. The first-order valence-corrected chi connectivity index (χ1v) is 13.5. The highest BCUT2D eigenvalue weighted by Crippen LogP contribution is 2.32. The number of carbonyl (C=O) groups excluding carboxylic acids is 1. The maximum Gasteiger partial charge on any atom is 0.321 e. The second-order valence-electron chi connectivity index (χ2n) is 9.99. The average Bonchev–Trinajstić information content (AvgIpc) is 3.35. The van der Waals surface area contributed by atoms with Gasteiger partial charge in [-0.3, -0.25) is 14.3 Å². The van der Waals surface area contributed by atoms with Gasteiger partial charge < -0.3 is 15.1 Å². The Hall–Kier alpha value is -3.69. The van der Waals surface area contributed by atoms with Crippen LogP contribution in [0.2, 0.25) is 5.02 Å². The number of nitrogens with zero attached hydrogens (tertiary/aromatic N) is 7. The lowest BCUT2D eigenvalue weighted by atomic mass is 9.91. The Morgan fingerprint density at radius 3 is 2.82 bits per heavy atom. The minimum Gasteiger partial charge on any atom is -0.338 e. The highest BCUT2D eigenvalue weighted by Gasteiger charge is 2.26. The van der Waals surface area contributed by atoms with Gasteiger partial charge in [-0.15, -0.1) is 0 Å². The number of amides is 2. The van der Waals surface area contributed by atoms with Crippen LogP contribution in [0.4, 0.5) is 16.4 Å². The molecule has 0 radical (unpaired) electrons. The highest BCUT2D eigenvalue weighted by molar-refractivity contribution is 6.30. The van der Waals surface area contributed by atoms with Crippen LogP contribution in [0.25, 0.3) is 5.65 Å². The van der Waals surface area contributed by atoms with Crippen molar-refractivity contribution < 1.29 is 4.79 Å². The Kier molecular flexibility index (Phi) is 6.86. The molecule has 1 aliphatic heterocycles. The molecule has 1 fully saturated rings. The number of aryl methyl sites for hydroxylation is 1. The van der Waals surface area contributed by atoms with Crippen LogP contribution in [0.15, 0.2) is 61.1 Å². The van der Waals surface area contributed by atoms with Gasteiger partial charge in [0.15, 0.2) is 0 Å². The molecule has 1 N–H and O–H groups in total. The molecule has 1 atom stereocenters. The Labute approximate surface area is 227 Å². The summed E-state index contributed by atoms with van der Waals surface area (Å²) in [6, 6.07) is 13.5. The number of fused-ring (bicyclic) bond motifs is 2. The number of aromatic nitrogens is 4. The van der Waals surface area contributed by atoms with E-state index in [9.17, 15) is 4.79 Å². The van der Waals surface area contributed by atoms with Gasteiger partial charge in [-0.25, -0.2) is 14.8 Å². The van der Waals surface area contributed by atoms with E-state index in [1.54, 1.807) is 12.1 Å². The van der Waals surface area contributed by atoms with E-state index >= 15 is 0 Å². The van der Waals surface area contributed by atoms with E-state index in [0.717, 1.165) is 36.7 Å². The van der Waals surface area contributed by atoms with Gasteiger partial charge in [0.05, 0.1) is 17.4 Å². The van der Waals surface area contributed by atoms with E-state index in [4.69, 9.17) is 21.6 Å². The number of urea groups is 1. The molecule has 2 amide bonds. The van der Waals surface area contributed by atoms with Crippen LogP contribution in [0.5, 0.6) is 0 Å². The molecule has 4 aromatic rings. The molecule has 196 valence electrons. The molecule has 1 saturated heterocycles. The number of carbonyl (C=O) groups is 1. The zero-order valence-corrected chi connectivity index (χ0v) is 22.2. The van der Waals surface area contributed by atoms with E-state index in [-0.39, 0.29) is 6.03 Å². The zero-order valence-electron chi connectivity index (χ0n) is 21.4. The van der Waals surface area contributed by atoms with Crippen molar-refractivity contribution in [1.82, 2.24) is 29.2 Å². The number of hydrogen-bond donors (Lipinski definition) is 1. The fourth-order valence-corrected chi connectivity index (χ4v) is 5.71. The van der Waals surface area contributed by atoms with Crippen molar-refractivity contribution in [2.45, 2.75) is 31.8 Å². The van der Waals surface area contributed by atoms with E-state index in [1.807, 2.05) is 41.6 Å². The lowest BCUT2D eigenvalue weighted by Gasteiger charge is -2.35. The topological polar surface area (TPSA) is 81.9 Å². The molecule has 1 unspecified atom stereocenters. The molecule has 0 spiro atoms. The summed E-state index contributed by atoms with van der Waals surface area (Å²) in [4.78, 5) is 33.4. The van der Waals surface area contributed by atoms with Crippen LogP contribution in [-0.2, 0) is 13.0 Å². The molecule has 9 nitrogen and oxygen atoms in total. The van der Waals surface area contributed by atoms with Crippen LogP contribution in [0.1, 0.15) is 35.8 Å². The van der Waals surface area contributed by atoms with Gasteiger partial charge in [-0.05, 0) is 62.2 Å². The maximum atomic E-state index is 12.8. The van der Waals surface area contributed by atoms with Crippen molar-refractivity contribution in [3.63, 3.8) is 0 Å². The molecule has 2 aliphatic rings. The van der Waals surface area contributed by atoms with Crippen LogP contribution in [0, 0.1) is 0 Å². The average molecular weight is 531 g/mol. The molecule has 1 aromatic carbocycles. The number of piperazine rings is 1. The lowest BCUT2D eigenvalue weighted by molar-refractivity contribution is 0.206. The van der Waals surface area contributed by atoms with E-state index in [1.165, 1.54) is 17.7 Å². The first kappa shape index (κ1) is 24.6. The fourth-order valence-electron chi connectivity index (χ4n) is 5.52. The lowest BCUT2D eigenvalue weighted by Crippen LogP contribution is -2.50. The molecular formula is C28H31ClN8O. The van der Waals surface area contributed by atoms with Gasteiger partial charge >= 0.3 is 6.03 Å². The van der Waals surface area contributed by atoms with Crippen LogP contribution < -0.4 is 10.2 Å². The van der Waals surface area contributed by atoms with Crippen molar-refractivity contribution in [2.75, 3.05) is 43.4 Å². The second kappa shape index (κ2) is 10.6. The summed E-state index contributed by atoms with van der Waals surface area (Å²) in [7, 11) is 2.16. The van der Waals surface area contributed by atoms with Crippen molar-refractivity contribution in [3.05, 3.63) is 83.0 Å². The third-order valence-corrected chi connectivity index (χ3v) is 7.68. The quantitative estimate of drug-likeness (QED) is 0.405. The van der Waals surface area contributed by atoms with Crippen molar-refractivity contribution in [1.29, 1.82) is 0 Å². The number of nitrogens with one attached hydrogen (secondary N) is 1. The summed E-state index contributed by atoms with van der Waals surface area (Å²) in [5.41, 5.74) is 5.13. The number of anilines is 2. The largest absolute Gasteiger partial charge is 0.338 e. The van der Waals surface area contributed by atoms with Gasteiger partial charge in [0, 0.05) is 62.0 Å². The standard InChI is InChI=1S/C28H31ClN8O/c1-34(24-9-2-5-20-6-4-11-30-26(20)24)18-23-19-37-25(32-23)10-12-31-27(37)35-13-15-36(16-14-35)28(38)33-22-8-3-7-21(29)17-22/h3-4,6-8,10-12,17,19,24H,2,5,9,13-16,18H2,1H3,(H,33,38). The molecule has 4 heterocycles. The van der Waals surface area contributed by atoms with Gasteiger partial charge in [0.2, 0.25) is 5.95 Å². The molecule has 6 rings (SSSR count). The minimum atomic E-state index is -0.121. The van der Waals surface area contributed by atoms with Crippen molar-refractivity contribution in [2.24, 2.45) is 0 Å². The summed E-state index contributed by atoms with van der Waals surface area (Å²) < 4.78 is 2.07. The van der Waals surface area contributed by atoms with Crippen molar-refractivity contribution >= 4 is 34.9 Å². The fraction of sp³-hybridized carbons (Fsp3) is 0.357. The summed E-state index contributed by atoms with van der Waals surface area (Å²) in [5, 5.41) is 3.53.